The molecule has 1 aliphatic heterocycles. The van der Waals surface area contributed by atoms with Crippen molar-refractivity contribution in [1.29, 1.82) is 0 Å². The highest BCUT2D eigenvalue weighted by atomic mass is 16.5. The van der Waals surface area contributed by atoms with Gasteiger partial charge in [0, 0.05) is 0 Å². The highest BCUT2D eigenvalue weighted by Crippen LogP contribution is 2.44. The molecule has 8 heteroatoms. The van der Waals surface area contributed by atoms with Crippen LogP contribution in [0.3, 0.4) is 0 Å². The highest BCUT2D eigenvalue weighted by Gasteiger charge is 2.43. The average Bonchev–Trinajstić information content (AvgIpc) is 3.15. The molecular formula is C26H31N2O6+. The first-order valence-electron chi connectivity index (χ1n) is 11.5. The van der Waals surface area contributed by atoms with Crippen LogP contribution in [0.1, 0.15) is 41.6 Å². The fraction of sp³-hybridized carbons (Fsp3) is 0.385. The number of quaternary nitrogens is 1. The van der Waals surface area contributed by atoms with Gasteiger partial charge in [0.25, 0.3) is 5.91 Å². The largest absolute Gasteiger partial charge is 0.493 e. The Bertz CT molecular complexity index is 1240. The summed E-state index contributed by atoms with van der Waals surface area (Å²) in [6.45, 7) is 7.35. The van der Waals surface area contributed by atoms with Gasteiger partial charge in [0.2, 0.25) is 11.5 Å². The quantitative estimate of drug-likeness (QED) is 0.520. The lowest BCUT2D eigenvalue weighted by atomic mass is 9.97. The van der Waals surface area contributed by atoms with E-state index < -0.39 is 6.04 Å². The number of amides is 1. The summed E-state index contributed by atoms with van der Waals surface area (Å²) >= 11 is 0. The van der Waals surface area contributed by atoms with E-state index in [4.69, 9.17) is 18.6 Å². The molecule has 0 spiro atoms. The monoisotopic (exact) mass is 467 g/mol. The molecule has 1 N–H and O–H groups in total. The molecule has 180 valence electrons. The third kappa shape index (κ3) is 3.88. The molecule has 2 heterocycles. The molecule has 0 saturated heterocycles. The van der Waals surface area contributed by atoms with Crippen molar-refractivity contribution >= 4 is 16.9 Å². The Morgan fingerprint density at radius 3 is 2.21 bits per heavy atom. The minimum atomic E-state index is -0.632. The number of nitrogens with one attached hydrogen (secondary N) is 1. The molecule has 0 saturated carbocycles. The number of likely N-dealkylation sites (N-methyl/N-ethyl adjacent to an activating group) is 1. The van der Waals surface area contributed by atoms with E-state index in [0.717, 1.165) is 19.6 Å². The van der Waals surface area contributed by atoms with Gasteiger partial charge in [-0.15, -0.1) is 0 Å². The lowest BCUT2D eigenvalue weighted by Gasteiger charge is -2.27. The maximum absolute atomic E-state index is 13.6. The smallest absolute Gasteiger partial charge is 0.291 e. The Hall–Kier alpha value is -3.52. The van der Waals surface area contributed by atoms with Crippen LogP contribution < -0.4 is 24.5 Å². The Kier molecular flexibility index (Phi) is 6.79. The molecule has 1 aromatic heterocycles. The maximum atomic E-state index is 13.6. The molecule has 3 aromatic rings. The lowest BCUT2D eigenvalue weighted by molar-refractivity contribution is -0.895. The van der Waals surface area contributed by atoms with Crippen LogP contribution in [0, 0.1) is 0 Å². The van der Waals surface area contributed by atoms with Gasteiger partial charge in [-0.05, 0) is 43.7 Å². The summed E-state index contributed by atoms with van der Waals surface area (Å²) in [5, 5.41) is 0.447. The SMILES string of the molecule is CC[NH+](CC)CCN1C(=O)c2oc3ccccc3c(=O)c2[C@H]1c1cc(OC)c(OC)c(OC)c1. The van der Waals surface area contributed by atoms with Crippen molar-refractivity contribution in [2.45, 2.75) is 19.9 Å². The van der Waals surface area contributed by atoms with Crippen molar-refractivity contribution in [1.82, 2.24) is 4.90 Å². The zero-order valence-corrected chi connectivity index (χ0v) is 20.3. The number of methoxy groups -OCH3 is 3. The molecule has 1 atom stereocenters. The Balaban J connectivity index is 1.93. The summed E-state index contributed by atoms with van der Waals surface area (Å²) in [6.07, 6.45) is 0. The van der Waals surface area contributed by atoms with Crippen molar-refractivity contribution in [2.75, 3.05) is 47.5 Å². The van der Waals surface area contributed by atoms with Crippen molar-refractivity contribution in [3.05, 3.63) is 63.5 Å². The number of benzene rings is 2. The first-order valence-corrected chi connectivity index (χ1v) is 11.5. The van der Waals surface area contributed by atoms with Crippen LogP contribution in [0.25, 0.3) is 11.0 Å². The molecule has 0 radical (unpaired) electrons. The molecule has 1 amide bonds. The zero-order chi connectivity index (χ0) is 24.4. The number of fused-ring (bicyclic) bond motifs is 2. The van der Waals surface area contributed by atoms with Gasteiger partial charge in [0.05, 0.1) is 64.5 Å². The molecule has 8 nitrogen and oxygen atoms in total. The van der Waals surface area contributed by atoms with E-state index in [9.17, 15) is 9.59 Å². The Morgan fingerprint density at radius 2 is 1.62 bits per heavy atom. The molecule has 0 unspecified atom stereocenters. The van der Waals surface area contributed by atoms with Gasteiger partial charge < -0.3 is 28.4 Å². The first-order chi connectivity index (χ1) is 16.5. The van der Waals surface area contributed by atoms with E-state index in [0.29, 0.717) is 45.9 Å². The van der Waals surface area contributed by atoms with Crippen molar-refractivity contribution in [3.63, 3.8) is 0 Å². The topological polar surface area (TPSA) is 82.7 Å². The maximum Gasteiger partial charge on any atom is 0.291 e. The number of hydrogen-bond acceptors (Lipinski definition) is 6. The predicted octanol–water partition coefficient (Wildman–Crippen LogP) is 2.29. The Morgan fingerprint density at radius 1 is 0.971 bits per heavy atom. The van der Waals surface area contributed by atoms with Crippen LogP contribution in [0.5, 0.6) is 17.2 Å². The average molecular weight is 468 g/mol. The van der Waals surface area contributed by atoms with Crippen LogP contribution in [0.4, 0.5) is 0 Å². The molecule has 2 aromatic carbocycles. The number of nitrogens with zero attached hydrogens (tertiary/aromatic N) is 1. The number of rotatable bonds is 9. The van der Waals surface area contributed by atoms with Crippen LogP contribution in [0.15, 0.2) is 45.6 Å². The summed E-state index contributed by atoms with van der Waals surface area (Å²) < 4.78 is 22.6. The van der Waals surface area contributed by atoms with Crippen LogP contribution >= 0.6 is 0 Å². The highest BCUT2D eigenvalue weighted by molar-refractivity contribution is 5.99. The molecule has 0 bridgehead atoms. The Labute approximate surface area is 198 Å². The molecule has 34 heavy (non-hydrogen) atoms. The van der Waals surface area contributed by atoms with Gasteiger partial charge in [-0.3, -0.25) is 9.59 Å². The van der Waals surface area contributed by atoms with Gasteiger partial charge in [-0.2, -0.15) is 0 Å². The van der Waals surface area contributed by atoms with E-state index in [1.54, 1.807) is 41.3 Å². The minimum absolute atomic E-state index is 0.0944. The van der Waals surface area contributed by atoms with Crippen molar-refractivity contribution in [2.24, 2.45) is 0 Å². The number of ether oxygens (including phenoxy) is 3. The zero-order valence-electron chi connectivity index (χ0n) is 20.3. The summed E-state index contributed by atoms with van der Waals surface area (Å²) in [7, 11) is 4.62. The third-order valence-corrected chi connectivity index (χ3v) is 6.58. The van der Waals surface area contributed by atoms with E-state index in [1.807, 2.05) is 0 Å². The molecular weight excluding hydrogens is 436 g/mol. The molecule has 0 fully saturated rings. The van der Waals surface area contributed by atoms with Crippen molar-refractivity contribution in [3.8, 4) is 17.2 Å². The van der Waals surface area contributed by atoms with E-state index in [-0.39, 0.29) is 17.1 Å². The number of carbonyl (C=O) groups excluding carboxylic acids is 1. The third-order valence-electron chi connectivity index (χ3n) is 6.58. The van der Waals surface area contributed by atoms with Crippen LogP contribution in [0.2, 0.25) is 0 Å². The van der Waals surface area contributed by atoms with Gasteiger partial charge in [0.15, 0.2) is 16.9 Å². The second-order valence-electron chi connectivity index (χ2n) is 8.24. The number of carbonyl (C=O) groups is 1. The fourth-order valence-corrected chi connectivity index (χ4v) is 4.69. The molecule has 4 rings (SSSR count). The number of para-hydroxylation sites is 1. The standard InChI is InChI=1S/C26H30N2O6/c1-6-27(7-2)12-13-28-22(16-14-19(31-3)24(33-5)20(15-16)32-4)21-23(29)17-10-8-9-11-18(17)34-25(21)26(28)30/h8-11,14-15,22H,6-7,12-13H2,1-5H3/p+1/t22-/m1/s1. The number of hydrogen-bond donors (Lipinski definition) is 1. The van der Waals surface area contributed by atoms with E-state index in [1.165, 1.54) is 26.2 Å². The van der Waals surface area contributed by atoms with E-state index in [2.05, 4.69) is 13.8 Å². The molecule has 0 aliphatic carbocycles. The summed E-state index contributed by atoms with van der Waals surface area (Å²) in [6, 6.07) is 9.96. The summed E-state index contributed by atoms with van der Waals surface area (Å²) in [5.41, 5.74) is 1.23. The summed E-state index contributed by atoms with van der Waals surface area (Å²) in [4.78, 5) is 30.3. The second kappa shape index (κ2) is 9.77. The minimum Gasteiger partial charge on any atom is -0.493 e. The van der Waals surface area contributed by atoms with Gasteiger partial charge in [0.1, 0.15) is 5.58 Å². The first kappa shape index (κ1) is 23.6. The van der Waals surface area contributed by atoms with Gasteiger partial charge >= 0.3 is 0 Å². The summed E-state index contributed by atoms with van der Waals surface area (Å²) in [5.74, 6) is 1.16. The van der Waals surface area contributed by atoms with Gasteiger partial charge in [-0.1, -0.05) is 12.1 Å². The second-order valence-corrected chi connectivity index (χ2v) is 8.24. The fourth-order valence-electron chi connectivity index (χ4n) is 4.69. The normalized spacial score (nSPS) is 15.2. The van der Waals surface area contributed by atoms with Crippen LogP contribution in [-0.4, -0.2) is 58.3 Å². The van der Waals surface area contributed by atoms with E-state index >= 15 is 0 Å². The van der Waals surface area contributed by atoms with Gasteiger partial charge in [-0.25, -0.2) is 0 Å². The molecule has 1 aliphatic rings. The lowest BCUT2D eigenvalue weighted by Crippen LogP contribution is -3.12. The van der Waals surface area contributed by atoms with Crippen LogP contribution in [-0.2, 0) is 0 Å². The van der Waals surface area contributed by atoms with Crippen molar-refractivity contribution < 1.29 is 28.3 Å². The predicted molar refractivity (Wildman–Crippen MR) is 128 cm³/mol.